The van der Waals surface area contributed by atoms with Crippen molar-refractivity contribution in [2.45, 2.75) is 0 Å². The molecule has 0 saturated heterocycles. The third-order valence-corrected chi connectivity index (χ3v) is 2.79. The number of nitriles is 1. The standard InChI is InChI=1S/C13H13N5O2/c1-18-12(9(15)7-16-18)13(19)17-11-8(6-14)4-3-5-10(11)20-2/h3-5,7H,15H2,1-2H3,(H,17,19). The molecule has 20 heavy (non-hydrogen) atoms. The van der Waals surface area contributed by atoms with Crippen molar-refractivity contribution in [1.82, 2.24) is 9.78 Å². The van der Waals surface area contributed by atoms with E-state index in [9.17, 15) is 4.79 Å². The molecule has 0 saturated carbocycles. The number of nitrogens with zero attached hydrogens (tertiary/aromatic N) is 3. The van der Waals surface area contributed by atoms with Gasteiger partial charge in [-0.3, -0.25) is 9.48 Å². The molecule has 0 aliphatic carbocycles. The zero-order chi connectivity index (χ0) is 14.7. The van der Waals surface area contributed by atoms with E-state index < -0.39 is 5.91 Å². The molecule has 0 aliphatic rings. The fourth-order valence-corrected chi connectivity index (χ4v) is 1.83. The maximum Gasteiger partial charge on any atom is 0.276 e. The number of methoxy groups -OCH3 is 1. The van der Waals surface area contributed by atoms with Gasteiger partial charge in [-0.15, -0.1) is 0 Å². The maximum atomic E-state index is 12.2. The van der Waals surface area contributed by atoms with Gasteiger partial charge in [-0.1, -0.05) is 6.07 Å². The van der Waals surface area contributed by atoms with Crippen molar-refractivity contribution in [2.24, 2.45) is 7.05 Å². The molecule has 1 amide bonds. The van der Waals surface area contributed by atoms with Crippen LogP contribution < -0.4 is 15.8 Å². The average molecular weight is 271 g/mol. The minimum absolute atomic E-state index is 0.222. The number of nitrogens with two attached hydrogens (primary N) is 1. The zero-order valence-electron chi connectivity index (χ0n) is 11.0. The number of aromatic nitrogens is 2. The highest BCUT2D eigenvalue weighted by Crippen LogP contribution is 2.28. The Morgan fingerprint density at radius 1 is 1.55 bits per heavy atom. The first-order valence-corrected chi connectivity index (χ1v) is 5.74. The molecule has 0 fully saturated rings. The number of hydrogen-bond donors (Lipinski definition) is 2. The van der Waals surface area contributed by atoms with E-state index in [4.69, 9.17) is 15.7 Å². The largest absolute Gasteiger partial charge is 0.495 e. The lowest BCUT2D eigenvalue weighted by Crippen LogP contribution is -2.18. The summed E-state index contributed by atoms with van der Waals surface area (Å²) in [6.07, 6.45) is 1.39. The molecule has 1 heterocycles. The number of ether oxygens (including phenoxy) is 1. The average Bonchev–Trinajstić information content (AvgIpc) is 2.78. The van der Waals surface area contributed by atoms with Crippen LogP contribution in [-0.4, -0.2) is 22.8 Å². The molecule has 102 valence electrons. The Labute approximate surface area is 115 Å². The van der Waals surface area contributed by atoms with Crippen molar-refractivity contribution in [1.29, 1.82) is 5.26 Å². The molecule has 1 aromatic heterocycles. The normalized spacial score (nSPS) is 9.85. The lowest BCUT2D eigenvalue weighted by atomic mass is 10.1. The molecule has 0 bridgehead atoms. The van der Waals surface area contributed by atoms with Crippen LogP contribution in [0, 0.1) is 11.3 Å². The van der Waals surface area contributed by atoms with E-state index in [2.05, 4.69) is 10.4 Å². The fourth-order valence-electron chi connectivity index (χ4n) is 1.83. The summed E-state index contributed by atoms with van der Waals surface area (Å²) in [5.41, 5.74) is 6.79. The van der Waals surface area contributed by atoms with Crippen LogP contribution in [0.25, 0.3) is 0 Å². The van der Waals surface area contributed by atoms with Crippen LogP contribution in [0.1, 0.15) is 16.1 Å². The summed E-state index contributed by atoms with van der Waals surface area (Å²) >= 11 is 0. The number of benzene rings is 1. The van der Waals surface area contributed by atoms with Gasteiger partial charge in [0.2, 0.25) is 0 Å². The summed E-state index contributed by atoms with van der Waals surface area (Å²) in [6, 6.07) is 6.92. The Hall–Kier alpha value is -3.01. The summed E-state index contributed by atoms with van der Waals surface area (Å²) in [5.74, 6) is -0.0540. The van der Waals surface area contributed by atoms with Crippen LogP contribution in [0.5, 0.6) is 5.75 Å². The number of rotatable bonds is 3. The summed E-state index contributed by atoms with van der Waals surface area (Å²) in [4.78, 5) is 12.2. The lowest BCUT2D eigenvalue weighted by molar-refractivity contribution is 0.101. The van der Waals surface area contributed by atoms with Crippen LogP contribution in [0.3, 0.4) is 0 Å². The summed E-state index contributed by atoms with van der Waals surface area (Å²) < 4.78 is 6.51. The van der Waals surface area contributed by atoms with Crippen LogP contribution in [0.2, 0.25) is 0 Å². The van der Waals surface area contributed by atoms with Gasteiger partial charge < -0.3 is 15.8 Å². The maximum absolute atomic E-state index is 12.2. The molecular weight excluding hydrogens is 258 g/mol. The fraction of sp³-hybridized carbons (Fsp3) is 0.154. The molecule has 2 rings (SSSR count). The van der Waals surface area contributed by atoms with Crippen LogP contribution in [0.15, 0.2) is 24.4 Å². The number of anilines is 2. The minimum Gasteiger partial charge on any atom is -0.495 e. The molecule has 0 spiro atoms. The monoisotopic (exact) mass is 271 g/mol. The quantitative estimate of drug-likeness (QED) is 0.870. The SMILES string of the molecule is COc1cccc(C#N)c1NC(=O)c1c(N)cnn1C. The van der Waals surface area contributed by atoms with Crippen molar-refractivity contribution in [2.75, 3.05) is 18.2 Å². The van der Waals surface area contributed by atoms with Crippen LogP contribution in [-0.2, 0) is 7.05 Å². The van der Waals surface area contributed by atoms with Crippen molar-refractivity contribution >= 4 is 17.3 Å². The zero-order valence-corrected chi connectivity index (χ0v) is 11.0. The van der Waals surface area contributed by atoms with E-state index in [0.29, 0.717) is 17.0 Å². The van der Waals surface area contributed by atoms with E-state index in [1.54, 1.807) is 25.2 Å². The van der Waals surface area contributed by atoms with Gasteiger partial charge in [0.25, 0.3) is 5.91 Å². The number of nitrogens with one attached hydrogen (secondary N) is 1. The van der Waals surface area contributed by atoms with Gasteiger partial charge in [-0.25, -0.2) is 0 Å². The smallest absolute Gasteiger partial charge is 0.276 e. The molecule has 1 aromatic carbocycles. The molecule has 3 N–H and O–H groups in total. The van der Waals surface area contributed by atoms with Gasteiger partial charge in [-0.2, -0.15) is 10.4 Å². The second-order valence-electron chi connectivity index (χ2n) is 4.02. The Balaban J connectivity index is 2.40. The molecule has 0 unspecified atom stereocenters. The molecule has 2 aromatic rings. The van der Waals surface area contributed by atoms with Crippen molar-refractivity contribution in [3.05, 3.63) is 35.7 Å². The van der Waals surface area contributed by atoms with E-state index in [0.717, 1.165) is 0 Å². The number of carbonyl (C=O) groups excluding carboxylic acids is 1. The van der Waals surface area contributed by atoms with Gasteiger partial charge >= 0.3 is 0 Å². The van der Waals surface area contributed by atoms with Crippen molar-refractivity contribution < 1.29 is 9.53 Å². The Morgan fingerprint density at radius 3 is 2.85 bits per heavy atom. The van der Waals surface area contributed by atoms with Crippen LogP contribution >= 0.6 is 0 Å². The predicted molar refractivity (Wildman–Crippen MR) is 73.3 cm³/mol. The Kier molecular flexibility index (Phi) is 3.57. The van der Waals surface area contributed by atoms with Gasteiger partial charge in [0, 0.05) is 7.05 Å². The van der Waals surface area contributed by atoms with Crippen LogP contribution in [0.4, 0.5) is 11.4 Å². The second-order valence-corrected chi connectivity index (χ2v) is 4.02. The molecule has 0 radical (unpaired) electrons. The summed E-state index contributed by atoms with van der Waals surface area (Å²) in [6.45, 7) is 0. The van der Waals surface area contributed by atoms with E-state index in [1.165, 1.54) is 18.0 Å². The van der Waals surface area contributed by atoms with Gasteiger partial charge in [-0.05, 0) is 12.1 Å². The van der Waals surface area contributed by atoms with E-state index in [-0.39, 0.29) is 11.4 Å². The van der Waals surface area contributed by atoms with Gasteiger partial charge in [0.1, 0.15) is 23.2 Å². The first-order chi connectivity index (χ1) is 9.58. The third kappa shape index (κ3) is 2.27. The number of nitrogen functional groups attached to an aromatic ring is 1. The molecule has 7 nitrogen and oxygen atoms in total. The van der Waals surface area contributed by atoms with Crippen molar-refractivity contribution in [3.8, 4) is 11.8 Å². The molecule has 0 atom stereocenters. The van der Waals surface area contributed by atoms with Crippen molar-refractivity contribution in [3.63, 3.8) is 0 Å². The van der Waals surface area contributed by atoms with E-state index in [1.807, 2.05) is 6.07 Å². The molecule has 0 aliphatic heterocycles. The number of para-hydroxylation sites is 1. The molecular formula is C13H13N5O2. The first-order valence-electron chi connectivity index (χ1n) is 5.74. The Morgan fingerprint density at radius 2 is 2.30 bits per heavy atom. The summed E-state index contributed by atoms with van der Waals surface area (Å²) in [7, 11) is 3.07. The highest BCUT2D eigenvalue weighted by atomic mass is 16.5. The molecule has 7 heteroatoms. The highest BCUT2D eigenvalue weighted by Gasteiger charge is 2.18. The number of carbonyl (C=O) groups is 1. The first kappa shape index (κ1) is 13.4. The third-order valence-electron chi connectivity index (χ3n) is 2.79. The van der Waals surface area contributed by atoms with Gasteiger partial charge in [0.05, 0.1) is 24.6 Å². The number of hydrogen-bond acceptors (Lipinski definition) is 5. The number of amides is 1. The second kappa shape index (κ2) is 5.32. The number of aryl methyl sites for hydroxylation is 1. The topological polar surface area (TPSA) is 106 Å². The summed E-state index contributed by atoms with van der Waals surface area (Å²) in [5, 5.41) is 15.6. The van der Waals surface area contributed by atoms with Gasteiger partial charge in [0.15, 0.2) is 0 Å². The Bertz CT molecular complexity index is 680. The van der Waals surface area contributed by atoms with E-state index >= 15 is 0 Å². The minimum atomic E-state index is -0.455. The highest BCUT2D eigenvalue weighted by molar-refractivity contribution is 6.07. The predicted octanol–water partition coefficient (Wildman–Crippen LogP) is 1.13. The lowest BCUT2D eigenvalue weighted by Gasteiger charge is -2.12.